The van der Waals surface area contributed by atoms with E-state index < -0.39 is 0 Å². The highest BCUT2D eigenvalue weighted by atomic mass is 79.9. The van der Waals surface area contributed by atoms with Gasteiger partial charge in [0.25, 0.3) is 0 Å². The van der Waals surface area contributed by atoms with Crippen molar-refractivity contribution in [2.45, 2.75) is 26.2 Å². The molecule has 1 aromatic carbocycles. The van der Waals surface area contributed by atoms with E-state index in [-0.39, 0.29) is 18.4 Å². The second-order valence-electron chi connectivity index (χ2n) is 5.03. The third kappa shape index (κ3) is 3.82. The van der Waals surface area contributed by atoms with Gasteiger partial charge in [0.05, 0.1) is 0 Å². The van der Waals surface area contributed by atoms with Crippen LogP contribution < -0.4 is 4.90 Å². The molecule has 2 amide bonds. The van der Waals surface area contributed by atoms with Crippen molar-refractivity contribution in [2.24, 2.45) is 0 Å². The molecule has 1 fully saturated rings. The van der Waals surface area contributed by atoms with Gasteiger partial charge in [0.15, 0.2) is 0 Å². The summed E-state index contributed by atoms with van der Waals surface area (Å²) in [6.45, 7) is 3.22. The number of piperidine rings is 1. The van der Waals surface area contributed by atoms with Crippen LogP contribution in [0.25, 0.3) is 0 Å². The maximum Gasteiger partial charge on any atom is 0.242 e. The van der Waals surface area contributed by atoms with Crippen molar-refractivity contribution < 1.29 is 9.59 Å². The number of benzene rings is 1. The number of carbonyl (C=O) groups excluding carboxylic acids is 2. The maximum absolute atomic E-state index is 12.3. The van der Waals surface area contributed by atoms with Gasteiger partial charge in [-0.1, -0.05) is 22.0 Å². The molecule has 0 spiro atoms. The predicted molar refractivity (Wildman–Crippen MR) is 82.6 cm³/mol. The first-order valence-electron chi connectivity index (χ1n) is 6.89. The maximum atomic E-state index is 12.3. The van der Waals surface area contributed by atoms with Crippen molar-refractivity contribution in [2.75, 3.05) is 24.5 Å². The zero-order valence-corrected chi connectivity index (χ0v) is 13.2. The molecule has 1 aliphatic heterocycles. The van der Waals surface area contributed by atoms with Gasteiger partial charge in [-0.2, -0.15) is 0 Å². The minimum absolute atomic E-state index is 0.0277. The molecule has 1 aromatic rings. The van der Waals surface area contributed by atoms with Crippen LogP contribution in [0.15, 0.2) is 28.7 Å². The number of rotatable bonds is 3. The number of anilines is 1. The first kappa shape index (κ1) is 15.0. The van der Waals surface area contributed by atoms with Gasteiger partial charge in [-0.15, -0.1) is 0 Å². The summed E-state index contributed by atoms with van der Waals surface area (Å²) in [6, 6.07) is 7.45. The molecule has 0 N–H and O–H groups in total. The fourth-order valence-corrected chi connectivity index (χ4v) is 2.79. The van der Waals surface area contributed by atoms with E-state index >= 15 is 0 Å². The van der Waals surface area contributed by atoms with Crippen molar-refractivity contribution in [3.05, 3.63) is 28.7 Å². The molecule has 0 atom stereocenters. The molecule has 0 radical (unpaired) electrons. The van der Waals surface area contributed by atoms with Crippen LogP contribution in [0.2, 0.25) is 0 Å². The molecule has 20 heavy (non-hydrogen) atoms. The number of amides is 2. The Morgan fingerprint density at radius 3 is 2.55 bits per heavy atom. The molecule has 0 bridgehead atoms. The molecule has 1 saturated heterocycles. The Morgan fingerprint density at radius 1 is 1.25 bits per heavy atom. The van der Waals surface area contributed by atoms with E-state index in [1.54, 1.807) is 0 Å². The lowest BCUT2D eigenvalue weighted by atomic mass is 10.1. The second-order valence-corrected chi connectivity index (χ2v) is 5.94. The van der Waals surface area contributed by atoms with Crippen molar-refractivity contribution in [1.82, 2.24) is 4.90 Å². The van der Waals surface area contributed by atoms with E-state index in [9.17, 15) is 9.59 Å². The molecule has 0 saturated carbocycles. The van der Waals surface area contributed by atoms with Gasteiger partial charge < -0.3 is 9.80 Å². The largest absolute Gasteiger partial charge is 0.341 e. The first-order chi connectivity index (χ1) is 9.58. The average molecular weight is 339 g/mol. The highest BCUT2D eigenvalue weighted by molar-refractivity contribution is 9.10. The molecule has 108 valence electrons. The van der Waals surface area contributed by atoms with E-state index in [2.05, 4.69) is 15.9 Å². The van der Waals surface area contributed by atoms with Gasteiger partial charge in [-0.05, 0) is 37.5 Å². The Balaban J connectivity index is 2.09. The van der Waals surface area contributed by atoms with E-state index in [0.717, 1.165) is 36.1 Å². The molecule has 1 aliphatic rings. The van der Waals surface area contributed by atoms with Crippen LogP contribution in [0.4, 0.5) is 5.69 Å². The Bertz CT molecular complexity index is 498. The molecule has 1 heterocycles. The molecular formula is C15H19BrN2O2. The lowest BCUT2D eigenvalue weighted by molar-refractivity contribution is -0.132. The van der Waals surface area contributed by atoms with E-state index in [4.69, 9.17) is 0 Å². The Kier molecular flexibility index (Phi) is 5.17. The zero-order valence-electron chi connectivity index (χ0n) is 11.6. The number of nitrogens with zero attached hydrogens (tertiary/aromatic N) is 2. The van der Waals surface area contributed by atoms with Crippen LogP contribution in [0, 0.1) is 0 Å². The van der Waals surface area contributed by atoms with Crippen molar-refractivity contribution in [1.29, 1.82) is 0 Å². The summed E-state index contributed by atoms with van der Waals surface area (Å²) in [4.78, 5) is 27.5. The third-order valence-electron chi connectivity index (χ3n) is 3.50. The number of carbonyl (C=O) groups is 2. The molecule has 2 rings (SSSR count). The Morgan fingerprint density at radius 2 is 1.95 bits per heavy atom. The van der Waals surface area contributed by atoms with Crippen LogP contribution in [-0.2, 0) is 9.59 Å². The lowest BCUT2D eigenvalue weighted by Crippen LogP contribution is -2.44. The van der Waals surface area contributed by atoms with Crippen LogP contribution >= 0.6 is 15.9 Å². The monoisotopic (exact) mass is 338 g/mol. The highest BCUT2D eigenvalue weighted by Crippen LogP contribution is 2.20. The SMILES string of the molecule is CC(=O)N(CC(=O)N1CCCCC1)c1cccc(Br)c1. The molecule has 5 heteroatoms. The van der Waals surface area contributed by atoms with Crippen LogP contribution in [0.1, 0.15) is 26.2 Å². The smallest absolute Gasteiger partial charge is 0.242 e. The summed E-state index contributed by atoms with van der Waals surface area (Å²) in [6.07, 6.45) is 3.30. The standard InChI is InChI=1S/C15H19BrN2O2/c1-12(19)18(14-7-5-6-13(16)10-14)11-15(20)17-8-3-2-4-9-17/h5-7,10H,2-4,8-9,11H2,1H3. The molecule has 0 aromatic heterocycles. The number of hydrogen-bond donors (Lipinski definition) is 0. The lowest BCUT2D eigenvalue weighted by Gasteiger charge is -2.29. The van der Waals surface area contributed by atoms with Gasteiger partial charge in [0.1, 0.15) is 6.54 Å². The summed E-state index contributed by atoms with van der Waals surface area (Å²) in [5.74, 6) is -0.0895. The zero-order chi connectivity index (χ0) is 14.5. The predicted octanol–water partition coefficient (Wildman–Crippen LogP) is 2.81. The fraction of sp³-hybridized carbons (Fsp3) is 0.467. The average Bonchev–Trinajstić information content (AvgIpc) is 2.45. The van der Waals surface area contributed by atoms with E-state index in [1.165, 1.54) is 18.2 Å². The fourth-order valence-electron chi connectivity index (χ4n) is 2.41. The van der Waals surface area contributed by atoms with Crippen molar-refractivity contribution in [3.63, 3.8) is 0 Å². The molecule has 0 unspecified atom stereocenters. The van der Waals surface area contributed by atoms with Crippen LogP contribution in [0.5, 0.6) is 0 Å². The summed E-state index contributed by atoms with van der Waals surface area (Å²) in [7, 11) is 0. The van der Waals surface area contributed by atoms with E-state index in [0.29, 0.717) is 0 Å². The summed E-state index contributed by atoms with van der Waals surface area (Å²) in [5.41, 5.74) is 0.747. The van der Waals surface area contributed by atoms with Gasteiger partial charge >= 0.3 is 0 Å². The van der Waals surface area contributed by atoms with Crippen molar-refractivity contribution >= 4 is 33.4 Å². The molecule has 0 aliphatic carbocycles. The quantitative estimate of drug-likeness (QED) is 0.850. The Labute approximate surface area is 127 Å². The van der Waals surface area contributed by atoms with Crippen molar-refractivity contribution in [3.8, 4) is 0 Å². The minimum Gasteiger partial charge on any atom is -0.341 e. The third-order valence-corrected chi connectivity index (χ3v) is 4.00. The second kappa shape index (κ2) is 6.88. The summed E-state index contributed by atoms with van der Waals surface area (Å²) >= 11 is 3.39. The van der Waals surface area contributed by atoms with E-state index in [1.807, 2.05) is 29.2 Å². The van der Waals surface area contributed by atoms with Crippen LogP contribution in [0.3, 0.4) is 0 Å². The summed E-state index contributed by atoms with van der Waals surface area (Å²) < 4.78 is 0.895. The topological polar surface area (TPSA) is 40.6 Å². The first-order valence-corrected chi connectivity index (χ1v) is 7.68. The van der Waals surface area contributed by atoms with Gasteiger partial charge in [0, 0.05) is 30.2 Å². The number of likely N-dealkylation sites (tertiary alicyclic amines) is 1. The van der Waals surface area contributed by atoms with Gasteiger partial charge in [-0.3, -0.25) is 9.59 Å². The Hall–Kier alpha value is -1.36. The minimum atomic E-state index is -0.117. The van der Waals surface area contributed by atoms with Crippen LogP contribution in [-0.4, -0.2) is 36.3 Å². The normalized spacial score (nSPS) is 15.0. The van der Waals surface area contributed by atoms with Gasteiger partial charge in [0.2, 0.25) is 11.8 Å². The highest BCUT2D eigenvalue weighted by Gasteiger charge is 2.21. The summed E-state index contributed by atoms with van der Waals surface area (Å²) in [5, 5.41) is 0. The molecular weight excluding hydrogens is 320 g/mol. The molecule has 4 nitrogen and oxygen atoms in total. The number of hydrogen-bond acceptors (Lipinski definition) is 2. The number of halogens is 1. The van der Waals surface area contributed by atoms with Gasteiger partial charge in [-0.25, -0.2) is 0 Å².